The Balaban J connectivity index is 2.64. The predicted molar refractivity (Wildman–Crippen MR) is 63.9 cm³/mol. The minimum absolute atomic E-state index is 0.696. The summed E-state index contributed by atoms with van der Waals surface area (Å²) in [5.41, 5.74) is 2.70. The first-order valence-electron chi connectivity index (χ1n) is 4.59. The molecular weight excluding hydrogens is 254 g/mol. The van der Waals surface area contributed by atoms with E-state index < -0.39 is 0 Å². The fourth-order valence-corrected chi connectivity index (χ4v) is 2.09. The summed E-state index contributed by atoms with van der Waals surface area (Å²) in [6, 6.07) is 9.83. The number of nitrogens with zero attached hydrogens (tertiary/aromatic N) is 1. The summed E-state index contributed by atoms with van der Waals surface area (Å²) in [6.07, 6.45) is 2.77. The van der Waals surface area contributed by atoms with E-state index >= 15 is 0 Å². The summed E-state index contributed by atoms with van der Waals surface area (Å²) in [6.45, 7) is 0. The number of carbonyl (C=O) groups is 1. The molecule has 0 N–H and O–H groups in total. The highest BCUT2D eigenvalue weighted by Gasteiger charge is 2.10. The highest BCUT2D eigenvalue weighted by molar-refractivity contribution is 9.10. The summed E-state index contributed by atoms with van der Waals surface area (Å²) in [7, 11) is 1.87. The van der Waals surface area contributed by atoms with Gasteiger partial charge in [0.05, 0.1) is 5.69 Å². The van der Waals surface area contributed by atoms with Crippen molar-refractivity contribution >= 4 is 22.2 Å². The number of halogens is 1. The van der Waals surface area contributed by atoms with E-state index in [1.165, 1.54) is 0 Å². The Kier molecular flexibility index (Phi) is 2.73. The van der Waals surface area contributed by atoms with Gasteiger partial charge >= 0.3 is 0 Å². The molecule has 0 aliphatic carbocycles. The van der Waals surface area contributed by atoms with Crippen molar-refractivity contribution in [2.75, 3.05) is 0 Å². The second kappa shape index (κ2) is 4.03. The highest BCUT2D eigenvalue weighted by Crippen LogP contribution is 2.30. The van der Waals surface area contributed by atoms with Crippen molar-refractivity contribution < 1.29 is 4.79 Å². The quantitative estimate of drug-likeness (QED) is 0.763. The average Bonchev–Trinajstić information content (AvgIpc) is 2.60. The monoisotopic (exact) mass is 263 g/mol. The summed E-state index contributed by atoms with van der Waals surface area (Å²) in [5, 5.41) is 0. The number of aromatic nitrogens is 1. The van der Waals surface area contributed by atoms with E-state index in [0.29, 0.717) is 5.69 Å². The zero-order valence-corrected chi connectivity index (χ0v) is 9.86. The summed E-state index contributed by atoms with van der Waals surface area (Å²) >= 11 is 3.48. The van der Waals surface area contributed by atoms with Gasteiger partial charge < -0.3 is 4.57 Å². The van der Waals surface area contributed by atoms with Gasteiger partial charge in [-0.3, -0.25) is 4.79 Å². The lowest BCUT2D eigenvalue weighted by molar-refractivity contribution is 0.111. The summed E-state index contributed by atoms with van der Waals surface area (Å²) in [4.78, 5) is 11.0. The van der Waals surface area contributed by atoms with E-state index in [0.717, 1.165) is 21.9 Å². The molecule has 2 aromatic rings. The third-order valence-electron chi connectivity index (χ3n) is 2.40. The molecule has 76 valence electrons. The molecule has 1 heterocycles. The van der Waals surface area contributed by atoms with Gasteiger partial charge in [-0.15, -0.1) is 0 Å². The lowest BCUT2D eigenvalue weighted by Gasteiger charge is -2.03. The Labute approximate surface area is 96.7 Å². The van der Waals surface area contributed by atoms with Gasteiger partial charge in [0, 0.05) is 23.3 Å². The molecule has 0 amide bonds. The van der Waals surface area contributed by atoms with Gasteiger partial charge in [0.15, 0.2) is 6.29 Å². The SMILES string of the molecule is Cn1ccc(-c2ccccc2Br)c1C=O. The van der Waals surface area contributed by atoms with Crippen molar-refractivity contribution in [3.05, 3.63) is 46.7 Å². The minimum Gasteiger partial charge on any atom is -0.348 e. The zero-order valence-electron chi connectivity index (χ0n) is 8.27. The smallest absolute Gasteiger partial charge is 0.167 e. The third-order valence-corrected chi connectivity index (χ3v) is 3.09. The molecule has 15 heavy (non-hydrogen) atoms. The number of benzene rings is 1. The van der Waals surface area contributed by atoms with Crippen LogP contribution in [-0.4, -0.2) is 10.9 Å². The minimum atomic E-state index is 0.696. The zero-order chi connectivity index (χ0) is 10.8. The Morgan fingerprint density at radius 1 is 1.20 bits per heavy atom. The van der Waals surface area contributed by atoms with E-state index in [2.05, 4.69) is 15.9 Å². The summed E-state index contributed by atoms with van der Waals surface area (Å²) < 4.78 is 2.82. The molecule has 0 bridgehead atoms. The van der Waals surface area contributed by atoms with Crippen molar-refractivity contribution in [1.29, 1.82) is 0 Å². The van der Waals surface area contributed by atoms with Crippen LogP contribution in [0.2, 0.25) is 0 Å². The predicted octanol–water partition coefficient (Wildman–Crippen LogP) is 3.27. The molecule has 0 saturated carbocycles. The van der Waals surface area contributed by atoms with Gasteiger partial charge in [-0.25, -0.2) is 0 Å². The highest BCUT2D eigenvalue weighted by atomic mass is 79.9. The van der Waals surface area contributed by atoms with Gasteiger partial charge in [0.1, 0.15) is 0 Å². The first-order chi connectivity index (χ1) is 7.24. The molecule has 0 atom stereocenters. The van der Waals surface area contributed by atoms with Crippen LogP contribution >= 0.6 is 15.9 Å². The van der Waals surface area contributed by atoms with Crippen molar-refractivity contribution in [2.45, 2.75) is 0 Å². The topological polar surface area (TPSA) is 22.0 Å². The van der Waals surface area contributed by atoms with Gasteiger partial charge in [-0.1, -0.05) is 34.1 Å². The second-order valence-electron chi connectivity index (χ2n) is 3.32. The van der Waals surface area contributed by atoms with Gasteiger partial charge in [0.25, 0.3) is 0 Å². The van der Waals surface area contributed by atoms with Gasteiger partial charge in [0.2, 0.25) is 0 Å². The van der Waals surface area contributed by atoms with Crippen LogP contribution in [0.4, 0.5) is 0 Å². The Morgan fingerprint density at radius 2 is 1.93 bits per heavy atom. The van der Waals surface area contributed by atoms with E-state index in [1.807, 2.05) is 48.1 Å². The molecule has 0 spiro atoms. The molecule has 0 unspecified atom stereocenters. The summed E-state index contributed by atoms with van der Waals surface area (Å²) in [5.74, 6) is 0. The number of hydrogen-bond donors (Lipinski definition) is 0. The Hall–Kier alpha value is -1.35. The largest absolute Gasteiger partial charge is 0.348 e. The second-order valence-corrected chi connectivity index (χ2v) is 4.18. The lowest BCUT2D eigenvalue weighted by Crippen LogP contribution is -1.94. The first-order valence-corrected chi connectivity index (χ1v) is 5.38. The van der Waals surface area contributed by atoms with Crippen LogP contribution < -0.4 is 0 Å². The molecule has 2 nitrogen and oxygen atoms in total. The number of aryl methyl sites for hydroxylation is 1. The Bertz CT molecular complexity index is 502. The molecular formula is C12H10BrNO. The normalized spacial score (nSPS) is 10.3. The van der Waals surface area contributed by atoms with Gasteiger partial charge in [-0.05, 0) is 17.7 Å². The number of carbonyl (C=O) groups excluding carboxylic acids is 1. The van der Waals surface area contributed by atoms with Crippen LogP contribution in [0.5, 0.6) is 0 Å². The van der Waals surface area contributed by atoms with Crippen molar-refractivity contribution in [3.8, 4) is 11.1 Å². The Morgan fingerprint density at radius 3 is 2.60 bits per heavy atom. The standard InChI is InChI=1S/C12H10BrNO/c1-14-7-6-10(12(14)8-15)9-4-2-3-5-11(9)13/h2-8H,1H3. The molecule has 0 aliphatic heterocycles. The number of hydrogen-bond acceptors (Lipinski definition) is 1. The molecule has 0 saturated heterocycles. The van der Waals surface area contributed by atoms with Gasteiger partial charge in [-0.2, -0.15) is 0 Å². The van der Waals surface area contributed by atoms with E-state index in [-0.39, 0.29) is 0 Å². The molecule has 1 aromatic heterocycles. The van der Waals surface area contributed by atoms with Crippen LogP contribution in [-0.2, 0) is 7.05 Å². The van der Waals surface area contributed by atoms with E-state index in [4.69, 9.17) is 0 Å². The average molecular weight is 264 g/mol. The number of aldehydes is 1. The van der Waals surface area contributed by atoms with Crippen molar-refractivity contribution in [1.82, 2.24) is 4.57 Å². The maximum atomic E-state index is 11.0. The van der Waals surface area contributed by atoms with Crippen LogP contribution in [0, 0.1) is 0 Å². The molecule has 1 aromatic carbocycles. The van der Waals surface area contributed by atoms with Crippen LogP contribution in [0.15, 0.2) is 41.0 Å². The maximum Gasteiger partial charge on any atom is 0.167 e. The first kappa shape index (κ1) is 10.2. The molecule has 3 heteroatoms. The number of rotatable bonds is 2. The maximum absolute atomic E-state index is 11.0. The molecule has 2 rings (SSSR count). The van der Waals surface area contributed by atoms with Crippen LogP contribution in [0.1, 0.15) is 10.5 Å². The van der Waals surface area contributed by atoms with Crippen molar-refractivity contribution in [2.24, 2.45) is 7.05 Å². The third kappa shape index (κ3) is 1.75. The fraction of sp³-hybridized carbons (Fsp3) is 0.0833. The molecule has 0 radical (unpaired) electrons. The van der Waals surface area contributed by atoms with Crippen LogP contribution in [0.25, 0.3) is 11.1 Å². The molecule has 0 aliphatic rings. The lowest BCUT2D eigenvalue weighted by atomic mass is 10.1. The van der Waals surface area contributed by atoms with Crippen LogP contribution in [0.3, 0.4) is 0 Å². The van der Waals surface area contributed by atoms with E-state index in [1.54, 1.807) is 0 Å². The fourth-order valence-electron chi connectivity index (χ4n) is 1.60. The van der Waals surface area contributed by atoms with Crippen molar-refractivity contribution in [3.63, 3.8) is 0 Å². The van der Waals surface area contributed by atoms with E-state index in [9.17, 15) is 4.79 Å². The molecule has 0 fully saturated rings.